The molecule has 0 unspecified atom stereocenters. The number of nitrogens with one attached hydrogen (secondary N) is 1. The van der Waals surface area contributed by atoms with E-state index in [4.69, 9.17) is 7.85 Å². The number of fused-ring (bicyclic) bond motifs is 1. The Labute approximate surface area is 86.0 Å². The summed E-state index contributed by atoms with van der Waals surface area (Å²) in [7, 11) is 7.17. The molecule has 0 bridgehead atoms. The van der Waals surface area contributed by atoms with Gasteiger partial charge in [0.15, 0.2) is 19.0 Å². The van der Waals surface area contributed by atoms with Gasteiger partial charge in [-0.3, -0.25) is 14.3 Å². The smallest absolute Gasteiger partial charge is 0.329 e. The van der Waals surface area contributed by atoms with Crippen LogP contribution in [0.4, 0.5) is 0 Å². The molecule has 0 fully saturated rings. The van der Waals surface area contributed by atoms with Crippen LogP contribution in [-0.2, 0) is 13.6 Å². The van der Waals surface area contributed by atoms with E-state index in [2.05, 4.69) is 9.97 Å². The summed E-state index contributed by atoms with van der Waals surface area (Å²) >= 11 is 0. The molecular weight excluding hydrogens is 195 g/mol. The summed E-state index contributed by atoms with van der Waals surface area (Å²) in [6.45, 7) is 2.38. The number of aromatic amines is 1. The van der Waals surface area contributed by atoms with E-state index >= 15 is 0 Å². The molecule has 76 valence electrons. The number of hydrogen-bond acceptors (Lipinski definition) is 3. The van der Waals surface area contributed by atoms with Crippen LogP contribution in [0.5, 0.6) is 0 Å². The summed E-state index contributed by atoms with van der Waals surface area (Å²) in [5.41, 5.74) is -0.0770. The fourth-order valence-corrected chi connectivity index (χ4v) is 1.57. The first-order valence-electron chi connectivity index (χ1n) is 4.51. The number of imidazole rings is 1. The van der Waals surface area contributed by atoms with Gasteiger partial charge in [0.1, 0.15) is 0 Å². The quantitative estimate of drug-likeness (QED) is 0.559. The summed E-state index contributed by atoms with van der Waals surface area (Å²) < 4.78 is 2.83. The zero-order chi connectivity index (χ0) is 11.2. The van der Waals surface area contributed by atoms with E-state index < -0.39 is 11.2 Å². The molecule has 0 saturated carbocycles. The van der Waals surface area contributed by atoms with Crippen molar-refractivity contribution in [3.63, 3.8) is 0 Å². The van der Waals surface area contributed by atoms with Gasteiger partial charge in [-0.05, 0) is 6.92 Å². The predicted octanol–water partition coefficient (Wildman–Crippen LogP) is -1.76. The van der Waals surface area contributed by atoms with Gasteiger partial charge in [0.05, 0.1) is 5.72 Å². The molecule has 7 heteroatoms. The van der Waals surface area contributed by atoms with Crippen LogP contribution in [0.2, 0.25) is 0 Å². The van der Waals surface area contributed by atoms with E-state index in [1.54, 1.807) is 4.57 Å². The molecule has 0 aliphatic rings. The van der Waals surface area contributed by atoms with E-state index in [-0.39, 0.29) is 5.72 Å². The number of aryl methyl sites for hydroxylation is 2. The van der Waals surface area contributed by atoms with Gasteiger partial charge in [0, 0.05) is 13.6 Å². The van der Waals surface area contributed by atoms with Crippen molar-refractivity contribution < 1.29 is 0 Å². The Bertz CT molecular complexity index is 636. The highest BCUT2D eigenvalue weighted by atomic mass is 16.2. The van der Waals surface area contributed by atoms with E-state index in [0.717, 1.165) is 0 Å². The van der Waals surface area contributed by atoms with Gasteiger partial charge in [0.25, 0.3) is 5.56 Å². The molecule has 1 N–H and O–H groups in total. The molecule has 0 atom stereocenters. The Kier molecular flexibility index (Phi) is 2.03. The molecule has 0 aromatic carbocycles. The van der Waals surface area contributed by atoms with Crippen LogP contribution in [0.3, 0.4) is 0 Å². The second-order valence-electron chi connectivity index (χ2n) is 3.20. The second-order valence-corrected chi connectivity index (χ2v) is 3.20. The molecule has 2 heterocycles. The monoisotopic (exact) mass is 204 g/mol. The highest BCUT2D eigenvalue weighted by molar-refractivity contribution is 6.30. The van der Waals surface area contributed by atoms with Crippen LogP contribution in [-0.4, -0.2) is 26.9 Å². The van der Waals surface area contributed by atoms with Crippen molar-refractivity contribution in [1.29, 1.82) is 0 Å². The molecule has 2 radical (unpaired) electrons. The lowest BCUT2D eigenvalue weighted by atomic mass is 10.1. The van der Waals surface area contributed by atoms with Crippen LogP contribution < -0.4 is 17.0 Å². The average molecular weight is 204 g/mol. The minimum Gasteiger partial charge on any atom is -0.332 e. The number of hydrogen-bond donors (Lipinski definition) is 1. The fraction of sp³-hybridized carbons (Fsp3) is 0.375. The third-order valence-electron chi connectivity index (χ3n) is 2.35. The summed E-state index contributed by atoms with van der Waals surface area (Å²) in [5.74, 6) is 0. The van der Waals surface area contributed by atoms with Gasteiger partial charge in [-0.15, -0.1) is 0 Å². The highest BCUT2D eigenvalue weighted by Crippen LogP contribution is 2.01. The fourth-order valence-electron chi connectivity index (χ4n) is 1.57. The molecule has 2 aromatic rings. The molecular formula is C8H9BN4O2. The lowest BCUT2D eigenvalue weighted by Gasteiger charge is -2.01. The molecule has 2 rings (SSSR count). The Morgan fingerprint density at radius 2 is 2.13 bits per heavy atom. The highest BCUT2D eigenvalue weighted by Gasteiger charge is 2.12. The van der Waals surface area contributed by atoms with Crippen LogP contribution in [0, 0.1) is 0 Å². The maximum absolute atomic E-state index is 11.6. The SMILES string of the molecule is [B]c1nc2c(c(=O)[nH]c(=O)n2C)n1CC. The second kappa shape index (κ2) is 3.11. The molecule has 0 saturated heterocycles. The average Bonchev–Trinajstić information content (AvgIpc) is 2.52. The van der Waals surface area contributed by atoms with Crippen LogP contribution in [0.25, 0.3) is 11.2 Å². The first-order valence-corrected chi connectivity index (χ1v) is 4.51. The molecule has 0 amide bonds. The summed E-state index contributed by atoms with van der Waals surface area (Å²) in [5, 5.41) is 0. The normalized spacial score (nSPS) is 11.1. The third-order valence-corrected chi connectivity index (χ3v) is 2.35. The lowest BCUT2D eigenvalue weighted by molar-refractivity contribution is 0.795. The van der Waals surface area contributed by atoms with E-state index in [0.29, 0.717) is 17.7 Å². The van der Waals surface area contributed by atoms with Gasteiger partial charge < -0.3 is 4.57 Å². The third kappa shape index (κ3) is 1.23. The van der Waals surface area contributed by atoms with Crippen molar-refractivity contribution in [2.24, 2.45) is 7.05 Å². The lowest BCUT2D eigenvalue weighted by Crippen LogP contribution is -2.29. The Hall–Kier alpha value is -1.79. The summed E-state index contributed by atoms with van der Waals surface area (Å²) in [6, 6.07) is 0. The Balaban J connectivity index is 3.10. The molecule has 15 heavy (non-hydrogen) atoms. The maximum atomic E-state index is 11.6. The maximum Gasteiger partial charge on any atom is 0.329 e. The zero-order valence-corrected chi connectivity index (χ0v) is 8.44. The topological polar surface area (TPSA) is 72.7 Å². The first-order chi connectivity index (χ1) is 7.06. The number of rotatable bonds is 1. The first kappa shape index (κ1) is 9.76. The van der Waals surface area contributed by atoms with Gasteiger partial charge in [-0.25, -0.2) is 9.78 Å². The number of H-pyrrole nitrogens is 1. The van der Waals surface area contributed by atoms with Gasteiger partial charge in [0.2, 0.25) is 0 Å². The van der Waals surface area contributed by atoms with Crippen molar-refractivity contribution >= 4 is 24.7 Å². The van der Waals surface area contributed by atoms with Gasteiger partial charge in [-0.2, -0.15) is 0 Å². The molecule has 0 aliphatic heterocycles. The predicted molar refractivity (Wildman–Crippen MR) is 56.7 cm³/mol. The molecule has 6 nitrogen and oxygen atoms in total. The van der Waals surface area contributed by atoms with Crippen molar-refractivity contribution in [2.75, 3.05) is 0 Å². The minimum absolute atomic E-state index is 0.235. The van der Waals surface area contributed by atoms with Crippen molar-refractivity contribution in [3.8, 4) is 0 Å². The Morgan fingerprint density at radius 3 is 2.73 bits per heavy atom. The van der Waals surface area contributed by atoms with Crippen molar-refractivity contribution in [1.82, 2.24) is 19.1 Å². The zero-order valence-electron chi connectivity index (χ0n) is 8.44. The summed E-state index contributed by atoms with van der Waals surface area (Å²) in [4.78, 5) is 29.0. The minimum atomic E-state index is -0.492. The van der Waals surface area contributed by atoms with Crippen molar-refractivity contribution in [2.45, 2.75) is 13.5 Å². The number of aromatic nitrogens is 4. The number of nitrogens with zero attached hydrogens (tertiary/aromatic N) is 3. The van der Waals surface area contributed by atoms with Gasteiger partial charge >= 0.3 is 5.69 Å². The van der Waals surface area contributed by atoms with Crippen LogP contribution in [0.15, 0.2) is 9.59 Å². The van der Waals surface area contributed by atoms with Crippen LogP contribution >= 0.6 is 0 Å². The largest absolute Gasteiger partial charge is 0.332 e. The molecule has 2 aromatic heterocycles. The van der Waals surface area contributed by atoms with E-state index in [1.165, 1.54) is 11.6 Å². The van der Waals surface area contributed by atoms with Crippen LogP contribution in [0.1, 0.15) is 6.92 Å². The van der Waals surface area contributed by atoms with E-state index in [9.17, 15) is 9.59 Å². The summed E-state index contributed by atoms with van der Waals surface area (Å²) in [6.07, 6.45) is 0. The molecule has 0 aliphatic carbocycles. The Morgan fingerprint density at radius 1 is 1.47 bits per heavy atom. The standard InChI is InChI=1S/C8H9BN4O2/c1-3-13-4-5(10-7(13)9)12(2)8(15)11-6(4)14/h3H2,1-2H3,(H,11,14,15). The van der Waals surface area contributed by atoms with Gasteiger partial charge in [-0.1, -0.05) is 0 Å². The molecule has 0 spiro atoms. The van der Waals surface area contributed by atoms with E-state index in [1.807, 2.05) is 6.92 Å². The van der Waals surface area contributed by atoms with Crippen molar-refractivity contribution in [3.05, 3.63) is 20.8 Å².